The molecule has 0 aliphatic carbocycles. The minimum Gasteiger partial charge on any atom is -0.478 e. The maximum absolute atomic E-state index is 11.6. The van der Waals surface area contributed by atoms with Crippen LogP contribution < -0.4 is 5.32 Å². The van der Waals surface area contributed by atoms with Crippen molar-refractivity contribution in [3.63, 3.8) is 0 Å². The zero-order chi connectivity index (χ0) is 15.7. The monoisotopic (exact) mass is 332 g/mol. The van der Waals surface area contributed by atoms with Gasteiger partial charge in [0.15, 0.2) is 0 Å². The van der Waals surface area contributed by atoms with Crippen molar-refractivity contribution in [3.05, 3.63) is 64.1 Å². The molecule has 0 atom stereocenters. The van der Waals surface area contributed by atoms with E-state index in [-0.39, 0.29) is 16.4 Å². The average molecular weight is 333 g/mol. The number of aromatic nitrogens is 1. The smallest absolute Gasteiger partial charge is 0.341 e. The second-order valence-corrected chi connectivity index (χ2v) is 5.42. The van der Waals surface area contributed by atoms with Gasteiger partial charge in [0.05, 0.1) is 10.5 Å². The van der Waals surface area contributed by atoms with E-state index in [1.807, 2.05) is 6.07 Å². The van der Waals surface area contributed by atoms with Gasteiger partial charge in [0, 0.05) is 16.1 Å². The van der Waals surface area contributed by atoms with Gasteiger partial charge in [-0.05, 0) is 24.3 Å². The van der Waals surface area contributed by atoms with E-state index in [9.17, 15) is 9.90 Å². The zero-order valence-electron chi connectivity index (χ0n) is 11.2. The summed E-state index contributed by atoms with van der Waals surface area (Å²) < 4.78 is 0. The van der Waals surface area contributed by atoms with Crippen molar-refractivity contribution in [2.45, 2.75) is 0 Å². The van der Waals surface area contributed by atoms with Gasteiger partial charge in [-0.1, -0.05) is 47.5 Å². The lowest BCUT2D eigenvalue weighted by Gasteiger charge is -2.12. The Balaban J connectivity index is 2.19. The number of pyridine rings is 1. The molecule has 0 aliphatic rings. The predicted molar refractivity (Wildman–Crippen MR) is 88.4 cm³/mol. The van der Waals surface area contributed by atoms with Crippen LogP contribution in [0.3, 0.4) is 0 Å². The molecule has 3 rings (SSSR count). The van der Waals surface area contributed by atoms with Gasteiger partial charge in [0.25, 0.3) is 0 Å². The molecular formula is C16H10Cl2N2O2. The van der Waals surface area contributed by atoms with Gasteiger partial charge in [-0.15, -0.1) is 0 Å². The molecule has 2 aromatic carbocycles. The molecular weight excluding hydrogens is 323 g/mol. The summed E-state index contributed by atoms with van der Waals surface area (Å²) >= 11 is 12.2. The molecule has 0 saturated carbocycles. The third-order valence-corrected chi connectivity index (χ3v) is 3.76. The Labute approximate surface area is 136 Å². The van der Waals surface area contributed by atoms with Crippen molar-refractivity contribution in [3.8, 4) is 0 Å². The van der Waals surface area contributed by atoms with Crippen LogP contribution >= 0.6 is 23.2 Å². The van der Waals surface area contributed by atoms with Crippen LogP contribution in [-0.4, -0.2) is 16.1 Å². The first-order valence-corrected chi connectivity index (χ1v) is 7.16. The Morgan fingerprint density at radius 1 is 1.09 bits per heavy atom. The maximum Gasteiger partial charge on any atom is 0.341 e. The highest BCUT2D eigenvalue weighted by molar-refractivity contribution is 6.39. The molecule has 0 aliphatic heterocycles. The maximum atomic E-state index is 11.6. The number of hydrogen-bond donors (Lipinski definition) is 2. The molecule has 0 radical (unpaired) electrons. The Hall–Kier alpha value is -2.30. The number of nitrogens with one attached hydrogen (secondary N) is 1. The summed E-state index contributed by atoms with van der Waals surface area (Å²) in [5.74, 6) is -0.966. The molecule has 0 fully saturated rings. The van der Waals surface area contributed by atoms with Crippen molar-refractivity contribution in [1.82, 2.24) is 4.98 Å². The lowest BCUT2D eigenvalue weighted by molar-refractivity contribution is 0.0698. The number of fused-ring (bicyclic) bond motifs is 1. The van der Waals surface area contributed by atoms with E-state index >= 15 is 0 Å². The fourth-order valence-corrected chi connectivity index (χ4v) is 2.68. The number of halogens is 2. The van der Waals surface area contributed by atoms with E-state index in [2.05, 4.69) is 10.3 Å². The Morgan fingerprint density at radius 2 is 1.86 bits per heavy atom. The number of anilines is 2. The zero-order valence-corrected chi connectivity index (χ0v) is 12.7. The van der Waals surface area contributed by atoms with Crippen LogP contribution in [0.2, 0.25) is 10.0 Å². The van der Waals surface area contributed by atoms with Gasteiger partial charge in [-0.2, -0.15) is 0 Å². The minimum absolute atomic E-state index is 0.0691. The first-order valence-electron chi connectivity index (χ1n) is 6.40. The first-order chi connectivity index (χ1) is 10.6. The lowest BCUT2D eigenvalue weighted by Crippen LogP contribution is -2.06. The lowest BCUT2D eigenvalue weighted by atomic mass is 10.1. The van der Waals surface area contributed by atoms with Crippen LogP contribution in [0.4, 0.5) is 11.5 Å². The second kappa shape index (κ2) is 5.83. The Kier molecular flexibility index (Phi) is 3.88. The quantitative estimate of drug-likeness (QED) is 0.709. The third kappa shape index (κ3) is 2.71. The van der Waals surface area contributed by atoms with E-state index in [4.69, 9.17) is 23.2 Å². The van der Waals surface area contributed by atoms with Crippen molar-refractivity contribution >= 4 is 51.6 Å². The fraction of sp³-hybridized carbons (Fsp3) is 0. The summed E-state index contributed by atoms with van der Waals surface area (Å²) in [6.45, 7) is 0. The number of carboxylic acid groups (broad SMARTS) is 1. The predicted octanol–water partition coefficient (Wildman–Crippen LogP) is 4.98. The van der Waals surface area contributed by atoms with Crippen LogP contribution in [0.25, 0.3) is 10.9 Å². The van der Waals surface area contributed by atoms with Crippen molar-refractivity contribution < 1.29 is 9.90 Å². The third-order valence-electron chi connectivity index (χ3n) is 3.13. The van der Waals surface area contributed by atoms with Crippen LogP contribution in [0, 0.1) is 0 Å². The molecule has 0 unspecified atom stereocenters. The summed E-state index contributed by atoms with van der Waals surface area (Å²) in [5, 5.41) is 13.7. The molecule has 4 nitrogen and oxygen atoms in total. The first kappa shape index (κ1) is 14.6. The topological polar surface area (TPSA) is 62.2 Å². The fourth-order valence-electron chi connectivity index (χ4n) is 2.16. The largest absolute Gasteiger partial charge is 0.478 e. The number of carbonyl (C=O) groups is 1. The Bertz CT molecular complexity index is 881. The number of nitrogens with zero attached hydrogens (tertiary/aromatic N) is 1. The number of para-hydroxylation sites is 1. The number of carboxylic acids is 1. The molecule has 6 heteroatoms. The SMILES string of the molecule is O=C(O)c1c(Nc2cccc(Cl)c2)nc2ccccc2c1Cl. The summed E-state index contributed by atoms with van der Waals surface area (Å²) in [6.07, 6.45) is 0. The normalized spacial score (nSPS) is 10.6. The van der Waals surface area contributed by atoms with Crippen LogP contribution in [-0.2, 0) is 0 Å². The summed E-state index contributed by atoms with van der Waals surface area (Å²) in [5.41, 5.74) is 1.18. The highest BCUT2D eigenvalue weighted by Gasteiger charge is 2.19. The highest BCUT2D eigenvalue weighted by Crippen LogP contribution is 2.32. The highest BCUT2D eigenvalue weighted by atomic mass is 35.5. The van der Waals surface area contributed by atoms with Gasteiger partial charge in [0.1, 0.15) is 11.4 Å². The van der Waals surface area contributed by atoms with E-state index in [1.54, 1.807) is 42.5 Å². The van der Waals surface area contributed by atoms with E-state index in [0.717, 1.165) is 0 Å². The van der Waals surface area contributed by atoms with Crippen LogP contribution in [0.1, 0.15) is 10.4 Å². The summed E-state index contributed by atoms with van der Waals surface area (Å²) in [6, 6.07) is 14.0. The molecule has 110 valence electrons. The molecule has 0 amide bonds. The number of hydrogen-bond acceptors (Lipinski definition) is 3. The van der Waals surface area contributed by atoms with E-state index in [0.29, 0.717) is 21.6 Å². The van der Waals surface area contributed by atoms with Gasteiger partial charge >= 0.3 is 5.97 Å². The van der Waals surface area contributed by atoms with Crippen LogP contribution in [0.5, 0.6) is 0 Å². The number of rotatable bonds is 3. The molecule has 2 N–H and O–H groups in total. The van der Waals surface area contributed by atoms with Gasteiger partial charge in [-0.3, -0.25) is 0 Å². The summed E-state index contributed by atoms with van der Waals surface area (Å²) in [7, 11) is 0. The van der Waals surface area contributed by atoms with Crippen molar-refractivity contribution in [2.75, 3.05) is 5.32 Å². The molecule has 1 aromatic heterocycles. The molecule has 1 heterocycles. The average Bonchev–Trinajstić information content (AvgIpc) is 2.47. The van der Waals surface area contributed by atoms with E-state index < -0.39 is 5.97 Å². The molecule has 3 aromatic rings. The minimum atomic E-state index is -1.15. The van der Waals surface area contributed by atoms with Crippen molar-refractivity contribution in [2.24, 2.45) is 0 Å². The van der Waals surface area contributed by atoms with Crippen LogP contribution in [0.15, 0.2) is 48.5 Å². The number of benzene rings is 2. The standard InChI is InChI=1S/C16H10Cl2N2O2/c17-9-4-3-5-10(8-9)19-15-13(16(21)22)14(18)11-6-1-2-7-12(11)20-15/h1-8H,(H,19,20)(H,21,22). The Morgan fingerprint density at radius 3 is 2.59 bits per heavy atom. The van der Waals surface area contributed by atoms with Gasteiger partial charge in [-0.25, -0.2) is 9.78 Å². The molecule has 0 saturated heterocycles. The molecule has 22 heavy (non-hydrogen) atoms. The molecule has 0 bridgehead atoms. The number of aromatic carboxylic acids is 1. The van der Waals surface area contributed by atoms with Gasteiger partial charge < -0.3 is 10.4 Å². The molecule has 0 spiro atoms. The van der Waals surface area contributed by atoms with Gasteiger partial charge in [0.2, 0.25) is 0 Å². The second-order valence-electron chi connectivity index (χ2n) is 4.61. The van der Waals surface area contributed by atoms with Crippen molar-refractivity contribution in [1.29, 1.82) is 0 Å². The summed E-state index contributed by atoms with van der Waals surface area (Å²) in [4.78, 5) is 15.9. The van der Waals surface area contributed by atoms with E-state index in [1.165, 1.54) is 0 Å².